The van der Waals surface area contributed by atoms with Crippen LogP contribution in [-0.4, -0.2) is 25.2 Å². The molecule has 0 spiro atoms. The summed E-state index contributed by atoms with van der Waals surface area (Å²) in [5.41, 5.74) is 1.60. The lowest BCUT2D eigenvalue weighted by Gasteiger charge is -2.12. The molecule has 0 fully saturated rings. The van der Waals surface area contributed by atoms with Gasteiger partial charge in [0.05, 0.1) is 4.88 Å². The third kappa shape index (κ3) is 4.19. The van der Waals surface area contributed by atoms with Gasteiger partial charge in [0.2, 0.25) is 10.0 Å². The number of rotatable bonds is 6. The molecule has 128 valence electrons. The van der Waals surface area contributed by atoms with E-state index in [1.165, 1.54) is 24.5 Å². The number of aromatic amines is 1. The van der Waals surface area contributed by atoms with Gasteiger partial charge in [0.25, 0.3) is 5.56 Å². The Hall–Kier alpha value is -1.77. The molecule has 1 aliphatic carbocycles. The van der Waals surface area contributed by atoms with Gasteiger partial charge in [-0.3, -0.25) is 4.79 Å². The molecule has 24 heavy (non-hydrogen) atoms. The zero-order valence-corrected chi connectivity index (χ0v) is 14.8. The quantitative estimate of drug-likeness (QED) is 0.770. The first kappa shape index (κ1) is 17.1. The summed E-state index contributed by atoms with van der Waals surface area (Å²) in [4.78, 5) is 11.7. The molecule has 0 bridgehead atoms. The van der Waals surface area contributed by atoms with Crippen molar-refractivity contribution in [2.24, 2.45) is 0 Å². The molecule has 0 saturated carbocycles. The molecule has 1 aliphatic rings. The van der Waals surface area contributed by atoms with Gasteiger partial charge in [0.1, 0.15) is 9.90 Å². The van der Waals surface area contributed by atoms with Crippen molar-refractivity contribution in [1.82, 2.24) is 14.9 Å². The molecule has 0 atom stereocenters. The van der Waals surface area contributed by atoms with E-state index in [9.17, 15) is 13.2 Å². The Labute approximate surface area is 144 Å². The summed E-state index contributed by atoms with van der Waals surface area (Å²) < 4.78 is 27.7. The van der Waals surface area contributed by atoms with Gasteiger partial charge in [-0.25, -0.2) is 18.2 Å². The molecule has 0 amide bonds. The van der Waals surface area contributed by atoms with Crippen LogP contribution in [0.4, 0.5) is 0 Å². The van der Waals surface area contributed by atoms with Crippen molar-refractivity contribution in [3.63, 3.8) is 0 Å². The lowest BCUT2D eigenvalue weighted by atomic mass is 9.97. The Morgan fingerprint density at radius 3 is 2.79 bits per heavy atom. The van der Waals surface area contributed by atoms with Crippen molar-refractivity contribution in [2.45, 2.75) is 36.3 Å². The summed E-state index contributed by atoms with van der Waals surface area (Å²) in [5.74, 6) is 0. The smallest absolute Gasteiger partial charge is 0.264 e. The Bertz CT molecular complexity index is 877. The zero-order valence-electron chi connectivity index (χ0n) is 13.1. The van der Waals surface area contributed by atoms with Crippen LogP contribution in [0, 0.1) is 0 Å². The van der Waals surface area contributed by atoms with E-state index >= 15 is 0 Å². The van der Waals surface area contributed by atoms with E-state index < -0.39 is 10.0 Å². The van der Waals surface area contributed by atoms with Crippen LogP contribution < -0.4 is 10.3 Å². The van der Waals surface area contributed by atoms with Gasteiger partial charge in [0.15, 0.2) is 0 Å². The van der Waals surface area contributed by atoms with Gasteiger partial charge in [-0.1, -0.05) is 11.6 Å². The summed E-state index contributed by atoms with van der Waals surface area (Å²) in [6.07, 6.45) is 7.58. The number of nitrogens with one attached hydrogen (secondary N) is 2. The molecule has 0 radical (unpaired) electrons. The maximum Gasteiger partial charge on any atom is 0.264 e. The molecular weight excluding hydrogens is 346 g/mol. The maximum absolute atomic E-state index is 12.4. The van der Waals surface area contributed by atoms with Crippen LogP contribution in [0.1, 0.15) is 32.1 Å². The van der Waals surface area contributed by atoms with Crippen molar-refractivity contribution >= 4 is 21.4 Å². The van der Waals surface area contributed by atoms with E-state index in [2.05, 4.69) is 21.0 Å². The average Bonchev–Trinajstić information content (AvgIpc) is 3.07. The van der Waals surface area contributed by atoms with Gasteiger partial charge < -0.3 is 0 Å². The first-order valence-corrected chi connectivity index (χ1v) is 10.2. The van der Waals surface area contributed by atoms with Crippen LogP contribution in [0.5, 0.6) is 0 Å². The van der Waals surface area contributed by atoms with E-state index in [4.69, 9.17) is 0 Å². The van der Waals surface area contributed by atoms with E-state index in [1.807, 2.05) is 0 Å². The summed E-state index contributed by atoms with van der Waals surface area (Å²) in [6, 6.07) is 6.20. The molecule has 8 heteroatoms. The first-order chi connectivity index (χ1) is 11.5. The van der Waals surface area contributed by atoms with E-state index in [0.717, 1.165) is 30.6 Å². The van der Waals surface area contributed by atoms with Crippen LogP contribution in [0.2, 0.25) is 0 Å². The highest BCUT2D eigenvalue weighted by Crippen LogP contribution is 2.29. The fourth-order valence-corrected chi connectivity index (χ4v) is 4.99. The number of thiophene rings is 1. The second-order valence-electron chi connectivity index (χ2n) is 5.68. The number of nitrogens with zero attached hydrogens (tertiary/aromatic N) is 1. The number of aromatic nitrogens is 2. The molecule has 6 nitrogen and oxygen atoms in total. The normalized spacial score (nSPS) is 15.2. The second kappa shape index (κ2) is 7.42. The number of sulfonamides is 1. The molecule has 0 aliphatic heterocycles. The van der Waals surface area contributed by atoms with Crippen LogP contribution in [0.15, 0.2) is 44.9 Å². The van der Waals surface area contributed by atoms with Gasteiger partial charge in [0, 0.05) is 12.6 Å². The highest BCUT2D eigenvalue weighted by molar-refractivity contribution is 7.91. The van der Waals surface area contributed by atoms with E-state index in [-0.39, 0.29) is 9.77 Å². The van der Waals surface area contributed by atoms with Crippen LogP contribution in [0.25, 0.3) is 10.6 Å². The van der Waals surface area contributed by atoms with Crippen molar-refractivity contribution in [3.8, 4) is 10.6 Å². The molecule has 0 unspecified atom stereocenters. The van der Waals surface area contributed by atoms with Gasteiger partial charge in [-0.2, -0.15) is 5.10 Å². The highest BCUT2D eigenvalue weighted by atomic mass is 32.2. The van der Waals surface area contributed by atoms with E-state index in [1.54, 1.807) is 18.2 Å². The molecule has 2 aromatic rings. The number of allylic oxidation sites excluding steroid dienone is 1. The predicted molar refractivity (Wildman–Crippen MR) is 94.5 cm³/mol. The first-order valence-electron chi connectivity index (χ1n) is 7.88. The standard InChI is InChI=1S/C16H19N3O3S2/c20-15-8-6-13(18-19-15)14-7-9-16(23-14)24(21,22)17-11-10-12-4-2-1-3-5-12/h4,6-9,17H,1-3,5,10-11H2,(H,19,20). The van der Waals surface area contributed by atoms with Gasteiger partial charge >= 0.3 is 0 Å². The molecule has 2 aromatic heterocycles. The average molecular weight is 365 g/mol. The largest absolute Gasteiger partial charge is 0.268 e. The minimum Gasteiger partial charge on any atom is -0.268 e. The third-order valence-electron chi connectivity index (χ3n) is 3.90. The van der Waals surface area contributed by atoms with Crippen LogP contribution in [0.3, 0.4) is 0 Å². The SMILES string of the molecule is O=c1ccc(-c2ccc(S(=O)(=O)NCCC3=CCCCC3)s2)n[nH]1. The summed E-state index contributed by atoms with van der Waals surface area (Å²) in [7, 11) is -3.51. The fraction of sp³-hybridized carbons (Fsp3) is 0.375. The van der Waals surface area contributed by atoms with Crippen molar-refractivity contribution in [1.29, 1.82) is 0 Å². The molecular formula is C16H19N3O3S2. The topological polar surface area (TPSA) is 91.9 Å². The third-order valence-corrected chi connectivity index (χ3v) is 6.96. The van der Waals surface area contributed by atoms with Crippen molar-refractivity contribution in [3.05, 3.63) is 46.3 Å². The summed E-state index contributed by atoms with van der Waals surface area (Å²) >= 11 is 1.14. The van der Waals surface area contributed by atoms with E-state index in [0.29, 0.717) is 17.1 Å². The Morgan fingerprint density at radius 2 is 2.08 bits per heavy atom. The Balaban J connectivity index is 1.65. The summed E-state index contributed by atoms with van der Waals surface area (Å²) in [5, 5.41) is 6.26. The number of hydrogen-bond acceptors (Lipinski definition) is 5. The number of H-pyrrole nitrogens is 1. The molecule has 2 heterocycles. The fourth-order valence-electron chi connectivity index (χ4n) is 2.63. The zero-order chi connectivity index (χ0) is 17.0. The molecule has 0 aromatic carbocycles. The minimum atomic E-state index is -3.51. The molecule has 0 saturated heterocycles. The Morgan fingerprint density at radius 1 is 1.21 bits per heavy atom. The number of hydrogen-bond donors (Lipinski definition) is 2. The van der Waals surface area contributed by atoms with Gasteiger partial charge in [-0.05, 0) is 50.3 Å². The Kier molecular flexibility index (Phi) is 5.27. The van der Waals surface area contributed by atoms with Crippen LogP contribution >= 0.6 is 11.3 Å². The van der Waals surface area contributed by atoms with Crippen LogP contribution in [-0.2, 0) is 10.0 Å². The predicted octanol–water partition coefficient (Wildman–Crippen LogP) is 2.67. The second-order valence-corrected chi connectivity index (χ2v) is 8.76. The van der Waals surface area contributed by atoms with Crippen molar-refractivity contribution < 1.29 is 8.42 Å². The minimum absolute atomic E-state index is 0.253. The lowest BCUT2D eigenvalue weighted by molar-refractivity contribution is 0.581. The molecule has 2 N–H and O–H groups in total. The maximum atomic E-state index is 12.4. The summed E-state index contributed by atoms with van der Waals surface area (Å²) in [6.45, 7) is 0.415. The highest BCUT2D eigenvalue weighted by Gasteiger charge is 2.17. The van der Waals surface area contributed by atoms with Gasteiger partial charge in [-0.15, -0.1) is 11.3 Å². The monoisotopic (exact) mass is 365 g/mol. The van der Waals surface area contributed by atoms with Crippen molar-refractivity contribution in [2.75, 3.05) is 6.54 Å². The molecule has 3 rings (SSSR count). The lowest BCUT2D eigenvalue weighted by Crippen LogP contribution is -2.24.